The fraction of sp³-hybridized carbons (Fsp3) is 0.571. The van der Waals surface area contributed by atoms with Crippen LogP contribution in [0.25, 0.3) is 0 Å². The van der Waals surface area contributed by atoms with Crippen LogP contribution in [-0.2, 0) is 6.42 Å². The number of nitrogens with zero attached hydrogens (tertiary/aromatic N) is 2. The Bertz CT molecular complexity index is 384. The number of hydrogen-bond acceptors (Lipinski definition) is 3. The van der Waals surface area contributed by atoms with Crippen LogP contribution in [0.3, 0.4) is 0 Å². The number of nitrogens with two attached hydrogens (primary N) is 1. The lowest BCUT2D eigenvalue weighted by Crippen LogP contribution is -2.47. The van der Waals surface area contributed by atoms with Crippen molar-refractivity contribution in [3.63, 3.8) is 0 Å². The van der Waals surface area contributed by atoms with E-state index in [9.17, 15) is 0 Å². The average Bonchev–Trinajstić information content (AvgIpc) is 2.48. The fourth-order valence-electron chi connectivity index (χ4n) is 2.42. The molecule has 104 valence electrons. The summed E-state index contributed by atoms with van der Waals surface area (Å²) in [6.07, 6.45) is 10.9. The highest BCUT2D eigenvalue weighted by molar-refractivity contribution is 5.79. The van der Waals surface area contributed by atoms with Crippen molar-refractivity contribution in [2.75, 3.05) is 6.54 Å². The topological polar surface area (TPSA) is 75.3 Å². The maximum Gasteiger partial charge on any atom is 0.205 e. The Labute approximate surface area is 114 Å². The molecule has 0 bridgehead atoms. The number of nitrogens with one attached hydrogen (secondary N) is 2. The summed E-state index contributed by atoms with van der Waals surface area (Å²) in [7, 11) is 0. The molecule has 5 heteroatoms. The van der Waals surface area contributed by atoms with Gasteiger partial charge in [-0.05, 0) is 30.9 Å². The van der Waals surface area contributed by atoms with Crippen molar-refractivity contribution in [1.82, 2.24) is 15.7 Å². The van der Waals surface area contributed by atoms with Crippen LogP contribution >= 0.6 is 0 Å². The third-order valence-corrected chi connectivity index (χ3v) is 3.48. The van der Waals surface area contributed by atoms with Crippen LogP contribution in [0.5, 0.6) is 0 Å². The van der Waals surface area contributed by atoms with E-state index in [1.807, 2.05) is 12.3 Å². The van der Waals surface area contributed by atoms with Crippen LogP contribution in [0.15, 0.2) is 29.5 Å². The molecule has 0 radical (unpaired) electrons. The number of hydrogen-bond donors (Lipinski definition) is 3. The highest BCUT2D eigenvalue weighted by Gasteiger charge is 2.13. The monoisotopic (exact) mass is 261 g/mol. The average molecular weight is 261 g/mol. The molecule has 1 aliphatic carbocycles. The third-order valence-electron chi connectivity index (χ3n) is 3.48. The number of aromatic nitrogens is 1. The molecule has 2 rings (SSSR count). The maximum atomic E-state index is 5.51. The molecule has 0 unspecified atom stereocenters. The molecule has 19 heavy (non-hydrogen) atoms. The van der Waals surface area contributed by atoms with Crippen molar-refractivity contribution in [3.8, 4) is 0 Å². The van der Waals surface area contributed by atoms with Gasteiger partial charge < -0.3 is 5.32 Å². The molecule has 0 amide bonds. The Morgan fingerprint density at radius 2 is 2.21 bits per heavy atom. The molecule has 0 spiro atoms. The molecule has 1 saturated carbocycles. The second-order valence-corrected chi connectivity index (χ2v) is 4.97. The molecule has 0 aromatic carbocycles. The standard InChI is InChI=1S/C14H23N5/c15-19-14(18-13-6-2-1-3-7-13)17-10-8-12-5-4-9-16-11-12/h4-5,9,11,13H,1-3,6-8,10,15H2,(H2,17,18,19). The summed E-state index contributed by atoms with van der Waals surface area (Å²) in [4.78, 5) is 8.57. The zero-order valence-electron chi connectivity index (χ0n) is 11.3. The van der Waals surface area contributed by atoms with E-state index in [-0.39, 0.29) is 0 Å². The van der Waals surface area contributed by atoms with Crippen LogP contribution in [-0.4, -0.2) is 23.5 Å². The second kappa shape index (κ2) is 7.74. The van der Waals surface area contributed by atoms with E-state index in [1.165, 1.54) is 37.7 Å². The van der Waals surface area contributed by atoms with Crippen molar-refractivity contribution in [2.24, 2.45) is 10.8 Å². The lowest BCUT2D eigenvalue weighted by molar-refractivity contribution is 0.410. The maximum absolute atomic E-state index is 5.51. The smallest absolute Gasteiger partial charge is 0.205 e. The van der Waals surface area contributed by atoms with Gasteiger partial charge in [-0.25, -0.2) is 5.84 Å². The summed E-state index contributed by atoms with van der Waals surface area (Å²) in [5.74, 6) is 6.22. The van der Waals surface area contributed by atoms with Gasteiger partial charge in [0.1, 0.15) is 0 Å². The van der Waals surface area contributed by atoms with E-state index in [0.29, 0.717) is 18.5 Å². The molecular formula is C14H23N5. The SMILES string of the molecule is NNC(=NCCc1cccnc1)NC1CCCCC1. The Morgan fingerprint density at radius 1 is 1.37 bits per heavy atom. The zero-order valence-corrected chi connectivity index (χ0v) is 11.3. The van der Waals surface area contributed by atoms with Gasteiger partial charge in [-0.1, -0.05) is 25.3 Å². The van der Waals surface area contributed by atoms with E-state index in [1.54, 1.807) is 6.20 Å². The minimum Gasteiger partial charge on any atom is -0.353 e. The molecule has 0 aliphatic heterocycles. The molecule has 1 aromatic heterocycles. The van der Waals surface area contributed by atoms with E-state index < -0.39 is 0 Å². The van der Waals surface area contributed by atoms with Crippen LogP contribution in [0, 0.1) is 0 Å². The summed E-state index contributed by atoms with van der Waals surface area (Å²) < 4.78 is 0. The molecule has 1 fully saturated rings. The van der Waals surface area contributed by atoms with E-state index >= 15 is 0 Å². The van der Waals surface area contributed by atoms with Gasteiger partial charge in [0.15, 0.2) is 0 Å². The van der Waals surface area contributed by atoms with Crippen LogP contribution in [0.1, 0.15) is 37.7 Å². The predicted molar refractivity (Wildman–Crippen MR) is 77.6 cm³/mol. The van der Waals surface area contributed by atoms with Crippen LogP contribution < -0.4 is 16.6 Å². The molecule has 4 N–H and O–H groups in total. The normalized spacial score (nSPS) is 17.2. The molecule has 0 atom stereocenters. The quantitative estimate of drug-likeness (QED) is 0.331. The first-order chi connectivity index (χ1) is 9.38. The van der Waals surface area contributed by atoms with E-state index in [4.69, 9.17) is 5.84 Å². The summed E-state index contributed by atoms with van der Waals surface area (Å²) in [5.41, 5.74) is 3.85. The van der Waals surface area contributed by atoms with Crippen molar-refractivity contribution in [2.45, 2.75) is 44.6 Å². The first-order valence-electron chi connectivity index (χ1n) is 7.05. The molecule has 1 heterocycles. The molecule has 0 saturated heterocycles. The number of pyridine rings is 1. The summed E-state index contributed by atoms with van der Waals surface area (Å²) in [6.45, 7) is 0.713. The van der Waals surface area contributed by atoms with Crippen LogP contribution in [0.2, 0.25) is 0 Å². The third kappa shape index (κ3) is 4.87. The molecule has 5 nitrogen and oxygen atoms in total. The molecular weight excluding hydrogens is 238 g/mol. The van der Waals surface area contributed by atoms with Gasteiger partial charge in [0.25, 0.3) is 0 Å². The fourth-order valence-corrected chi connectivity index (χ4v) is 2.42. The lowest BCUT2D eigenvalue weighted by atomic mass is 9.96. The largest absolute Gasteiger partial charge is 0.353 e. The number of rotatable bonds is 4. The second-order valence-electron chi connectivity index (χ2n) is 4.97. The van der Waals surface area contributed by atoms with Crippen LogP contribution in [0.4, 0.5) is 0 Å². The Hall–Kier alpha value is -1.62. The molecule has 1 aliphatic rings. The number of aliphatic imine (C=N–C) groups is 1. The van der Waals surface area contributed by atoms with Gasteiger partial charge in [0.2, 0.25) is 5.96 Å². The van der Waals surface area contributed by atoms with Crippen molar-refractivity contribution < 1.29 is 0 Å². The van der Waals surface area contributed by atoms with E-state index in [0.717, 1.165) is 6.42 Å². The van der Waals surface area contributed by atoms with Crippen molar-refractivity contribution in [1.29, 1.82) is 0 Å². The highest BCUT2D eigenvalue weighted by atomic mass is 15.3. The van der Waals surface area contributed by atoms with Gasteiger partial charge in [-0.15, -0.1) is 0 Å². The Kier molecular flexibility index (Phi) is 5.62. The highest BCUT2D eigenvalue weighted by Crippen LogP contribution is 2.17. The minimum atomic E-state index is 0.516. The summed E-state index contributed by atoms with van der Waals surface area (Å²) in [6, 6.07) is 4.52. The Balaban J connectivity index is 1.78. The summed E-state index contributed by atoms with van der Waals surface area (Å²) in [5, 5.41) is 3.39. The van der Waals surface area contributed by atoms with E-state index in [2.05, 4.69) is 26.8 Å². The molecule has 1 aromatic rings. The number of guanidine groups is 1. The van der Waals surface area contributed by atoms with Crippen molar-refractivity contribution >= 4 is 5.96 Å². The van der Waals surface area contributed by atoms with Gasteiger partial charge in [0.05, 0.1) is 0 Å². The van der Waals surface area contributed by atoms with Gasteiger partial charge in [-0.3, -0.25) is 15.4 Å². The van der Waals surface area contributed by atoms with Gasteiger partial charge >= 0.3 is 0 Å². The lowest BCUT2D eigenvalue weighted by Gasteiger charge is -2.24. The first kappa shape index (κ1) is 13.8. The first-order valence-corrected chi connectivity index (χ1v) is 7.05. The minimum absolute atomic E-state index is 0.516. The Morgan fingerprint density at radius 3 is 2.89 bits per heavy atom. The van der Waals surface area contributed by atoms with Crippen molar-refractivity contribution in [3.05, 3.63) is 30.1 Å². The van der Waals surface area contributed by atoms with Gasteiger partial charge in [0, 0.05) is 25.0 Å². The zero-order chi connectivity index (χ0) is 13.3. The van der Waals surface area contributed by atoms with Gasteiger partial charge in [-0.2, -0.15) is 0 Å². The number of hydrazine groups is 1. The predicted octanol–water partition coefficient (Wildman–Crippen LogP) is 1.37. The summed E-state index contributed by atoms with van der Waals surface area (Å²) >= 11 is 0.